The molecular formula is C19H17BrCl2F2N2O2. The summed E-state index contributed by atoms with van der Waals surface area (Å²) in [5.41, 5.74) is 1.08. The zero-order chi connectivity index (χ0) is 20.3. The lowest BCUT2D eigenvalue weighted by atomic mass is 10.1. The second kappa shape index (κ2) is 9.39. The topological polar surface area (TPSA) is 32.8 Å². The SMILES string of the molecule is O=C(c1cc(Br)ccc1OC(F)F)N1CCN(Cc2ccc(Cl)cc2Cl)CC1. The summed E-state index contributed by atoms with van der Waals surface area (Å²) in [4.78, 5) is 16.7. The molecule has 4 nitrogen and oxygen atoms in total. The smallest absolute Gasteiger partial charge is 0.387 e. The molecule has 9 heteroatoms. The normalized spacial score (nSPS) is 15.1. The van der Waals surface area contributed by atoms with Gasteiger partial charge in [-0.15, -0.1) is 0 Å². The number of halogens is 5. The van der Waals surface area contributed by atoms with Gasteiger partial charge in [-0.1, -0.05) is 45.2 Å². The molecular weight excluding hydrogens is 477 g/mol. The molecule has 0 spiro atoms. The number of rotatable bonds is 5. The van der Waals surface area contributed by atoms with Crippen molar-refractivity contribution in [1.29, 1.82) is 0 Å². The second-order valence-corrected chi connectivity index (χ2v) is 8.08. The van der Waals surface area contributed by atoms with Crippen LogP contribution in [0, 0.1) is 0 Å². The van der Waals surface area contributed by atoms with E-state index < -0.39 is 6.61 Å². The van der Waals surface area contributed by atoms with Crippen LogP contribution in [0.2, 0.25) is 10.0 Å². The summed E-state index contributed by atoms with van der Waals surface area (Å²) >= 11 is 15.4. The second-order valence-electron chi connectivity index (χ2n) is 6.32. The molecule has 150 valence electrons. The first-order chi connectivity index (χ1) is 13.3. The van der Waals surface area contributed by atoms with Crippen LogP contribution in [0.25, 0.3) is 0 Å². The Balaban J connectivity index is 1.65. The largest absolute Gasteiger partial charge is 0.434 e. The number of carbonyl (C=O) groups excluding carboxylic acids is 1. The number of hydrogen-bond acceptors (Lipinski definition) is 3. The van der Waals surface area contributed by atoms with Crippen molar-refractivity contribution >= 4 is 45.0 Å². The molecule has 2 aromatic carbocycles. The Hall–Kier alpha value is -1.41. The summed E-state index contributed by atoms with van der Waals surface area (Å²) < 4.78 is 30.4. The Morgan fingerprint density at radius 2 is 1.82 bits per heavy atom. The van der Waals surface area contributed by atoms with Gasteiger partial charge in [0.05, 0.1) is 5.56 Å². The number of carbonyl (C=O) groups is 1. The van der Waals surface area contributed by atoms with Crippen LogP contribution in [0.3, 0.4) is 0 Å². The van der Waals surface area contributed by atoms with E-state index in [1.807, 2.05) is 6.07 Å². The number of benzene rings is 2. The van der Waals surface area contributed by atoms with Gasteiger partial charge in [-0.05, 0) is 35.9 Å². The van der Waals surface area contributed by atoms with E-state index in [2.05, 4.69) is 25.6 Å². The molecule has 1 aliphatic heterocycles. The number of nitrogens with zero attached hydrogens (tertiary/aromatic N) is 2. The molecule has 0 atom stereocenters. The van der Waals surface area contributed by atoms with Crippen LogP contribution in [0.15, 0.2) is 40.9 Å². The average molecular weight is 494 g/mol. The van der Waals surface area contributed by atoms with Crippen LogP contribution < -0.4 is 4.74 Å². The monoisotopic (exact) mass is 492 g/mol. The van der Waals surface area contributed by atoms with Crippen molar-refractivity contribution in [2.45, 2.75) is 13.2 Å². The van der Waals surface area contributed by atoms with Crippen LogP contribution in [0.1, 0.15) is 15.9 Å². The van der Waals surface area contributed by atoms with Gasteiger partial charge in [0.15, 0.2) is 0 Å². The summed E-state index contributed by atoms with van der Waals surface area (Å²) in [5, 5.41) is 1.19. The molecule has 2 aromatic rings. The standard InChI is InChI=1S/C19H17BrCl2F2N2O2/c20-13-2-4-17(28-19(23)24)15(9-13)18(27)26-7-5-25(6-8-26)11-12-1-3-14(21)10-16(12)22/h1-4,9-10,19H,5-8,11H2. The van der Waals surface area contributed by atoms with Crippen molar-refractivity contribution in [3.63, 3.8) is 0 Å². The fourth-order valence-corrected chi connectivity index (χ4v) is 3.87. The molecule has 1 aliphatic rings. The fraction of sp³-hybridized carbons (Fsp3) is 0.316. The van der Waals surface area contributed by atoms with Crippen molar-refractivity contribution in [3.05, 3.63) is 62.0 Å². The van der Waals surface area contributed by atoms with Gasteiger partial charge in [0.1, 0.15) is 5.75 Å². The Morgan fingerprint density at radius 3 is 2.46 bits per heavy atom. The van der Waals surface area contributed by atoms with Gasteiger partial charge < -0.3 is 9.64 Å². The quantitative estimate of drug-likeness (QED) is 0.565. The summed E-state index contributed by atoms with van der Waals surface area (Å²) in [5.74, 6) is -0.459. The van der Waals surface area contributed by atoms with E-state index in [0.717, 1.165) is 5.56 Å². The van der Waals surface area contributed by atoms with Crippen molar-refractivity contribution in [2.75, 3.05) is 26.2 Å². The number of amides is 1. The summed E-state index contributed by atoms with van der Waals surface area (Å²) in [6, 6.07) is 9.80. The Morgan fingerprint density at radius 1 is 1.11 bits per heavy atom. The van der Waals surface area contributed by atoms with Crippen LogP contribution in [0.5, 0.6) is 5.75 Å². The van der Waals surface area contributed by atoms with Crippen molar-refractivity contribution < 1.29 is 18.3 Å². The molecule has 1 heterocycles. The van der Waals surface area contributed by atoms with Crippen LogP contribution in [-0.4, -0.2) is 48.5 Å². The van der Waals surface area contributed by atoms with E-state index in [-0.39, 0.29) is 17.2 Å². The minimum absolute atomic E-state index is 0.115. The number of alkyl halides is 2. The number of ether oxygens (including phenoxy) is 1. The Labute approximate surface area is 180 Å². The minimum Gasteiger partial charge on any atom is -0.434 e. The van der Waals surface area contributed by atoms with Crippen LogP contribution in [-0.2, 0) is 6.54 Å². The third-order valence-electron chi connectivity index (χ3n) is 4.46. The molecule has 0 aromatic heterocycles. The minimum atomic E-state index is -2.99. The van der Waals surface area contributed by atoms with E-state index in [1.54, 1.807) is 23.1 Å². The van der Waals surface area contributed by atoms with Gasteiger partial charge in [-0.3, -0.25) is 9.69 Å². The van der Waals surface area contributed by atoms with E-state index in [0.29, 0.717) is 47.2 Å². The summed E-state index contributed by atoms with van der Waals surface area (Å²) in [7, 11) is 0. The zero-order valence-electron chi connectivity index (χ0n) is 14.7. The Bertz CT molecular complexity index is 862. The summed E-state index contributed by atoms with van der Waals surface area (Å²) in [6.45, 7) is -0.106. The molecule has 0 aliphatic carbocycles. The highest BCUT2D eigenvalue weighted by Crippen LogP contribution is 2.27. The van der Waals surface area contributed by atoms with Crippen molar-refractivity contribution in [2.24, 2.45) is 0 Å². The maximum absolute atomic E-state index is 12.8. The maximum atomic E-state index is 12.8. The first-order valence-corrected chi connectivity index (χ1v) is 10.1. The molecule has 1 fully saturated rings. The van der Waals surface area contributed by atoms with E-state index in [9.17, 15) is 13.6 Å². The highest BCUT2D eigenvalue weighted by Gasteiger charge is 2.25. The third kappa shape index (κ3) is 5.35. The molecule has 0 radical (unpaired) electrons. The average Bonchev–Trinajstić information content (AvgIpc) is 2.65. The van der Waals surface area contributed by atoms with Gasteiger partial charge in [0, 0.05) is 47.2 Å². The molecule has 28 heavy (non-hydrogen) atoms. The highest BCUT2D eigenvalue weighted by atomic mass is 79.9. The van der Waals surface area contributed by atoms with Gasteiger partial charge in [-0.25, -0.2) is 0 Å². The zero-order valence-corrected chi connectivity index (χ0v) is 17.8. The molecule has 1 amide bonds. The molecule has 0 N–H and O–H groups in total. The highest BCUT2D eigenvalue weighted by molar-refractivity contribution is 9.10. The Kier molecular flexibility index (Phi) is 7.15. The molecule has 3 rings (SSSR count). The number of piperazine rings is 1. The predicted octanol–water partition coefficient (Wildman–Crippen LogP) is 5.32. The van der Waals surface area contributed by atoms with Gasteiger partial charge in [-0.2, -0.15) is 8.78 Å². The maximum Gasteiger partial charge on any atom is 0.387 e. The van der Waals surface area contributed by atoms with Gasteiger partial charge in [0.2, 0.25) is 0 Å². The number of hydrogen-bond donors (Lipinski definition) is 0. The first-order valence-electron chi connectivity index (χ1n) is 8.53. The van der Waals surface area contributed by atoms with Gasteiger partial charge >= 0.3 is 6.61 Å². The molecule has 0 unspecified atom stereocenters. The third-order valence-corrected chi connectivity index (χ3v) is 5.54. The fourth-order valence-electron chi connectivity index (χ4n) is 3.04. The lowest BCUT2D eigenvalue weighted by molar-refractivity contribution is -0.0503. The van der Waals surface area contributed by atoms with Crippen LogP contribution in [0.4, 0.5) is 8.78 Å². The lowest BCUT2D eigenvalue weighted by Gasteiger charge is -2.35. The molecule has 0 bridgehead atoms. The van der Waals surface area contributed by atoms with Crippen molar-refractivity contribution in [1.82, 2.24) is 9.80 Å². The van der Waals surface area contributed by atoms with E-state index in [1.165, 1.54) is 12.1 Å². The first kappa shape index (κ1) is 21.3. The lowest BCUT2D eigenvalue weighted by Crippen LogP contribution is -2.48. The molecule has 0 saturated carbocycles. The van der Waals surface area contributed by atoms with E-state index in [4.69, 9.17) is 23.2 Å². The predicted molar refractivity (Wildman–Crippen MR) is 108 cm³/mol. The summed E-state index contributed by atoms with van der Waals surface area (Å²) in [6.07, 6.45) is 0. The van der Waals surface area contributed by atoms with Gasteiger partial charge in [0.25, 0.3) is 5.91 Å². The van der Waals surface area contributed by atoms with E-state index >= 15 is 0 Å². The van der Waals surface area contributed by atoms with Crippen molar-refractivity contribution in [3.8, 4) is 5.75 Å². The van der Waals surface area contributed by atoms with Crippen LogP contribution >= 0.6 is 39.1 Å². The molecule has 1 saturated heterocycles.